The molecule has 1 rings (SSSR count). The van der Waals surface area contributed by atoms with Crippen LogP contribution in [0.3, 0.4) is 0 Å². The van der Waals surface area contributed by atoms with E-state index in [2.05, 4.69) is 12.0 Å². The molecule has 1 aromatic rings. The van der Waals surface area contributed by atoms with Gasteiger partial charge in [0.1, 0.15) is 0 Å². The van der Waals surface area contributed by atoms with Crippen LogP contribution >= 0.6 is 0 Å². The molecule has 0 saturated heterocycles. The second-order valence-corrected chi connectivity index (χ2v) is 3.21. The maximum Gasteiger partial charge on any atom is 0.214 e. The van der Waals surface area contributed by atoms with Gasteiger partial charge in [0.15, 0.2) is 0 Å². The highest BCUT2D eigenvalue weighted by molar-refractivity contribution is 5.27. The molecule has 1 unspecified atom stereocenters. The highest BCUT2D eigenvalue weighted by Gasteiger charge is 2.14. The molecule has 4 heteroatoms. The molecule has 0 aromatic carbocycles. The van der Waals surface area contributed by atoms with Crippen LogP contribution in [0.5, 0.6) is 5.88 Å². The first kappa shape index (κ1) is 10.1. The van der Waals surface area contributed by atoms with Crippen LogP contribution in [-0.4, -0.2) is 23.4 Å². The predicted molar refractivity (Wildman–Crippen MR) is 51.8 cm³/mol. The number of nitrogens with zero attached hydrogens (tertiary/aromatic N) is 2. The summed E-state index contributed by atoms with van der Waals surface area (Å²) >= 11 is 0. The maximum absolute atomic E-state index is 5.50. The van der Waals surface area contributed by atoms with Crippen molar-refractivity contribution in [1.29, 1.82) is 0 Å². The van der Waals surface area contributed by atoms with E-state index in [9.17, 15) is 0 Å². The lowest BCUT2D eigenvalue weighted by Crippen LogP contribution is -2.05. The molecule has 0 saturated carbocycles. The standard InChI is InChI=1S/C9H17N3O/c1-7(4-5-10)8-6-11-12(2)9(8)13-3/h6-7H,4-5,10H2,1-3H3. The van der Waals surface area contributed by atoms with Gasteiger partial charge in [0.25, 0.3) is 0 Å². The Labute approximate surface area is 78.7 Å². The van der Waals surface area contributed by atoms with Crippen molar-refractivity contribution in [2.24, 2.45) is 12.8 Å². The van der Waals surface area contributed by atoms with Gasteiger partial charge in [-0.1, -0.05) is 6.92 Å². The van der Waals surface area contributed by atoms with E-state index in [4.69, 9.17) is 10.5 Å². The molecule has 13 heavy (non-hydrogen) atoms. The Morgan fingerprint density at radius 1 is 1.69 bits per heavy atom. The largest absolute Gasteiger partial charge is 0.481 e. The fourth-order valence-corrected chi connectivity index (χ4v) is 1.44. The third kappa shape index (κ3) is 2.01. The number of methoxy groups -OCH3 is 1. The van der Waals surface area contributed by atoms with Crippen molar-refractivity contribution in [3.63, 3.8) is 0 Å². The number of hydrogen-bond donors (Lipinski definition) is 1. The predicted octanol–water partition coefficient (Wildman–Crippen LogP) is 0.881. The van der Waals surface area contributed by atoms with Crippen LogP contribution in [0, 0.1) is 0 Å². The van der Waals surface area contributed by atoms with Gasteiger partial charge in [-0.2, -0.15) is 5.10 Å². The Morgan fingerprint density at radius 2 is 2.38 bits per heavy atom. The summed E-state index contributed by atoms with van der Waals surface area (Å²) in [7, 11) is 3.53. The number of aromatic nitrogens is 2. The first-order chi connectivity index (χ1) is 6.20. The molecule has 0 amide bonds. The highest BCUT2D eigenvalue weighted by atomic mass is 16.5. The van der Waals surface area contributed by atoms with E-state index in [1.54, 1.807) is 11.8 Å². The van der Waals surface area contributed by atoms with E-state index in [0.717, 1.165) is 17.9 Å². The van der Waals surface area contributed by atoms with E-state index in [-0.39, 0.29) is 0 Å². The monoisotopic (exact) mass is 183 g/mol. The van der Waals surface area contributed by atoms with Crippen LogP contribution in [0.2, 0.25) is 0 Å². The van der Waals surface area contributed by atoms with Gasteiger partial charge < -0.3 is 10.5 Å². The number of rotatable bonds is 4. The molecule has 0 aliphatic heterocycles. The van der Waals surface area contributed by atoms with Crippen LogP contribution in [-0.2, 0) is 7.05 Å². The zero-order valence-corrected chi connectivity index (χ0v) is 8.45. The summed E-state index contributed by atoms with van der Waals surface area (Å²) in [6.07, 6.45) is 2.81. The maximum atomic E-state index is 5.50. The summed E-state index contributed by atoms with van der Waals surface area (Å²) in [5.74, 6) is 1.25. The fraction of sp³-hybridized carbons (Fsp3) is 0.667. The van der Waals surface area contributed by atoms with E-state index < -0.39 is 0 Å². The fourth-order valence-electron chi connectivity index (χ4n) is 1.44. The summed E-state index contributed by atoms with van der Waals surface area (Å²) in [5.41, 5.74) is 6.63. The zero-order valence-electron chi connectivity index (χ0n) is 8.45. The van der Waals surface area contributed by atoms with Crippen molar-refractivity contribution < 1.29 is 4.74 Å². The topological polar surface area (TPSA) is 53.1 Å². The molecule has 2 N–H and O–H groups in total. The number of ether oxygens (including phenoxy) is 1. The van der Waals surface area contributed by atoms with Gasteiger partial charge >= 0.3 is 0 Å². The highest BCUT2D eigenvalue weighted by Crippen LogP contribution is 2.27. The smallest absolute Gasteiger partial charge is 0.214 e. The Kier molecular flexibility index (Phi) is 3.31. The van der Waals surface area contributed by atoms with E-state index in [0.29, 0.717) is 12.5 Å². The molecular weight excluding hydrogens is 166 g/mol. The van der Waals surface area contributed by atoms with Crippen molar-refractivity contribution >= 4 is 0 Å². The summed E-state index contributed by atoms with van der Waals surface area (Å²) in [5, 5.41) is 4.14. The summed E-state index contributed by atoms with van der Waals surface area (Å²) < 4.78 is 6.98. The van der Waals surface area contributed by atoms with Crippen molar-refractivity contribution in [3.05, 3.63) is 11.8 Å². The minimum Gasteiger partial charge on any atom is -0.481 e. The molecule has 74 valence electrons. The zero-order chi connectivity index (χ0) is 9.84. The minimum atomic E-state index is 0.411. The molecule has 0 aliphatic rings. The normalized spacial score (nSPS) is 12.9. The number of hydrogen-bond acceptors (Lipinski definition) is 3. The summed E-state index contributed by atoms with van der Waals surface area (Å²) in [6.45, 7) is 2.83. The van der Waals surface area contributed by atoms with Gasteiger partial charge in [0.2, 0.25) is 5.88 Å². The molecule has 0 spiro atoms. The molecule has 1 atom stereocenters. The van der Waals surface area contributed by atoms with Crippen molar-refractivity contribution in [2.75, 3.05) is 13.7 Å². The van der Waals surface area contributed by atoms with Gasteiger partial charge in [-0.25, -0.2) is 4.68 Å². The third-order valence-electron chi connectivity index (χ3n) is 2.23. The second-order valence-electron chi connectivity index (χ2n) is 3.21. The lowest BCUT2D eigenvalue weighted by molar-refractivity contribution is 0.366. The van der Waals surface area contributed by atoms with Gasteiger partial charge in [-0.05, 0) is 18.9 Å². The Balaban J connectivity index is 2.86. The van der Waals surface area contributed by atoms with Crippen molar-refractivity contribution in [1.82, 2.24) is 9.78 Å². The van der Waals surface area contributed by atoms with Crippen LogP contribution < -0.4 is 10.5 Å². The quantitative estimate of drug-likeness (QED) is 0.754. The van der Waals surface area contributed by atoms with Crippen molar-refractivity contribution in [2.45, 2.75) is 19.3 Å². The van der Waals surface area contributed by atoms with Crippen LogP contribution in [0.1, 0.15) is 24.8 Å². The molecule has 0 radical (unpaired) electrons. The molecule has 0 aliphatic carbocycles. The van der Waals surface area contributed by atoms with E-state index >= 15 is 0 Å². The van der Waals surface area contributed by atoms with Gasteiger partial charge in [0.05, 0.1) is 13.3 Å². The molecule has 4 nitrogen and oxygen atoms in total. The lowest BCUT2D eigenvalue weighted by atomic mass is 10.0. The lowest BCUT2D eigenvalue weighted by Gasteiger charge is -2.10. The molecule has 0 fully saturated rings. The minimum absolute atomic E-state index is 0.411. The van der Waals surface area contributed by atoms with E-state index in [1.165, 1.54) is 0 Å². The van der Waals surface area contributed by atoms with Gasteiger partial charge in [-0.15, -0.1) is 0 Å². The van der Waals surface area contributed by atoms with Crippen LogP contribution in [0.15, 0.2) is 6.20 Å². The van der Waals surface area contributed by atoms with Gasteiger partial charge in [0, 0.05) is 12.6 Å². The van der Waals surface area contributed by atoms with E-state index in [1.807, 2.05) is 13.2 Å². The Morgan fingerprint density at radius 3 is 2.92 bits per heavy atom. The second kappa shape index (κ2) is 4.28. The average Bonchev–Trinajstić information content (AvgIpc) is 2.47. The Bertz CT molecular complexity index is 270. The first-order valence-corrected chi connectivity index (χ1v) is 4.46. The molecule has 1 aromatic heterocycles. The average molecular weight is 183 g/mol. The first-order valence-electron chi connectivity index (χ1n) is 4.46. The third-order valence-corrected chi connectivity index (χ3v) is 2.23. The van der Waals surface area contributed by atoms with Crippen molar-refractivity contribution in [3.8, 4) is 5.88 Å². The van der Waals surface area contributed by atoms with Crippen LogP contribution in [0.4, 0.5) is 0 Å². The Hall–Kier alpha value is -1.03. The molecule has 0 bridgehead atoms. The number of aryl methyl sites for hydroxylation is 1. The molecular formula is C9H17N3O. The molecule has 1 heterocycles. The van der Waals surface area contributed by atoms with Crippen LogP contribution in [0.25, 0.3) is 0 Å². The number of nitrogens with two attached hydrogens (primary N) is 1. The van der Waals surface area contributed by atoms with Gasteiger partial charge in [-0.3, -0.25) is 0 Å². The SMILES string of the molecule is COc1c(C(C)CCN)cnn1C. The summed E-state index contributed by atoms with van der Waals surface area (Å²) in [6, 6.07) is 0. The summed E-state index contributed by atoms with van der Waals surface area (Å²) in [4.78, 5) is 0.